The minimum absolute atomic E-state index is 0.0480. The number of aromatic nitrogens is 3. The third-order valence-electron chi connectivity index (χ3n) is 6.24. The van der Waals surface area contributed by atoms with Gasteiger partial charge in [-0.3, -0.25) is 19.3 Å². The van der Waals surface area contributed by atoms with Crippen LogP contribution in [0.4, 0.5) is 4.39 Å². The van der Waals surface area contributed by atoms with Crippen LogP contribution in [-0.2, 0) is 18.6 Å². The molecule has 4 rings (SSSR count). The van der Waals surface area contributed by atoms with E-state index in [-0.39, 0.29) is 17.8 Å². The highest BCUT2D eigenvalue weighted by atomic mass is 19.1. The number of ether oxygens (including phenoxy) is 1. The number of nitrogens with zero attached hydrogens (tertiary/aromatic N) is 6. The van der Waals surface area contributed by atoms with Gasteiger partial charge in [0, 0.05) is 44.0 Å². The zero-order valence-electron chi connectivity index (χ0n) is 24.0. The standard InChI is InChI=1S/C27H43FN10O/c1-26(2,3)37-19-23(30-33-37)16-35(17-24-20-38(34-31-24)27(4,5)6)15-22-18-36(32-29-22)14-21-8-10-25(11-9-21)39-13-7-12-28/h8-11,18-20,29-30,32-33H,7,12-17H2,1-6H3. The fraction of sp³-hybridized carbons (Fsp3) is 0.556. The van der Waals surface area contributed by atoms with Crippen LogP contribution in [0.1, 0.15) is 59.2 Å². The van der Waals surface area contributed by atoms with Crippen molar-refractivity contribution in [3.8, 4) is 5.75 Å². The quantitative estimate of drug-likeness (QED) is 0.300. The third-order valence-corrected chi connectivity index (χ3v) is 6.24. The van der Waals surface area contributed by atoms with Gasteiger partial charge in [-0.2, -0.15) is 0 Å². The normalized spacial score (nSPS) is 15.9. The van der Waals surface area contributed by atoms with E-state index in [4.69, 9.17) is 4.74 Å². The Labute approximate surface area is 230 Å². The number of alkyl halides is 1. The van der Waals surface area contributed by atoms with Gasteiger partial charge in [0.1, 0.15) is 5.75 Å². The van der Waals surface area contributed by atoms with Crippen molar-refractivity contribution in [3.63, 3.8) is 0 Å². The van der Waals surface area contributed by atoms with Gasteiger partial charge in [0.05, 0.1) is 48.7 Å². The summed E-state index contributed by atoms with van der Waals surface area (Å²) in [6, 6.07) is 7.89. The molecule has 0 fully saturated rings. The lowest BCUT2D eigenvalue weighted by atomic mass is 10.1. The van der Waals surface area contributed by atoms with E-state index in [0.717, 1.165) is 28.4 Å². The van der Waals surface area contributed by atoms with Crippen LogP contribution < -0.4 is 26.7 Å². The first-order chi connectivity index (χ1) is 18.5. The summed E-state index contributed by atoms with van der Waals surface area (Å²) >= 11 is 0. The molecule has 11 nitrogen and oxygen atoms in total. The van der Waals surface area contributed by atoms with Crippen molar-refractivity contribution in [2.75, 3.05) is 26.4 Å². The number of hydrazine groups is 4. The zero-order valence-corrected chi connectivity index (χ0v) is 24.0. The van der Waals surface area contributed by atoms with Crippen LogP contribution in [0.3, 0.4) is 0 Å². The summed E-state index contributed by atoms with van der Waals surface area (Å²) in [6.07, 6.45) is 6.63. The molecule has 0 atom stereocenters. The second-order valence-electron chi connectivity index (χ2n) is 12.0. The summed E-state index contributed by atoms with van der Waals surface area (Å²) in [4.78, 5) is 2.32. The molecule has 2 aliphatic rings. The van der Waals surface area contributed by atoms with Gasteiger partial charge in [0.25, 0.3) is 0 Å². The molecular weight excluding hydrogens is 499 g/mol. The molecule has 3 heterocycles. The Morgan fingerprint density at radius 1 is 0.897 bits per heavy atom. The zero-order chi connectivity index (χ0) is 28.0. The molecule has 2 aliphatic heterocycles. The summed E-state index contributed by atoms with van der Waals surface area (Å²) < 4.78 is 19.7. The largest absolute Gasteiger partial charge is 0.494 e. The van der Waals surface area contributed by atoms with E-state index >= 15 is 0 Å². The molecular formula is C27H43FN10O. The van der Waals surface area contributed by atoms with Gasteiger partial charge in [-0.1, -0.05) is 17.3 Å². The predicted octanol–water partition coefficient (Wildman–Crippen LogP) is 2.90. The average Bonchev–Trinajstić information content (AvgIpc) is 3.62. The Morgan fingerprint density at radius 2 is 1.59 bits per heavy atom. The second kappa shape index (κ2) is 12.2. The van der Waals surface area contributed by atoms with Crippen molar-refractivity contribution in [1.29, 1.82) is 0 Å². The summed E-state index contributed by atoms with van der Waals surface area (Å²) in [6.45, 7) is 15.5. The molecule has 0 saturated heterocycles. The van der Waals surface area contributed by atoms with Crippen molar-refractivity contribution in [3.05, 3.63) is 65.5 Å². The Morgan fingerprint density at radius 3 is 2.21 bits per heavy atom. The van der Waals surface area contributed by atoms with E-state index in [9.17, 15) is 4.39 Å². The summed E-state index contributed by atoms with van der Waals surface area (Å²) in [7, 11) is 0. The van der Waals surface area contributed by atoms with Crippen LogP contribution in [0.5, 0.6) is 5.75 Å². The molecule has 0 bridgehead atoms. The van der Waals surface area contributed by atoms with E-state index in [1.165, 1.54) is 0 Å². The van der Waals surface area contributed by atoms with Crippen molar-refractivity contribution in [1.82, 2.24) is 51.8 Å². The van der Waals surface area contributed by atoms with E-state index in [1.807, 2.05) is 40.2 Å². The fourth-order valence-electron chi connectivity index (χ4n) is 4.07. The second-order valence-corrected chi connectivity index (χ2v) is 12.0. The predicted molar refractivity (Wildman–Crippen MR) is 149 cm³/mol. The SMILES string of the molecule is CC(C)(C)N1C=C(CN(CC2=CN(Cc3ccc(OCCCF)cc3)NN2)Cc2cn(C(C)(C)C)nn2)NN1. The summed E-state index contributed by atoms with van der Waals surface area (Å²) in [5.41, 5.74) is 17.1. The smallest absolute Gasteiger partial charge is 0.119 e. The highest BCUT2D eigenvalue weighted by molar-refractivity contribution is 5.27. The molecule has 1 aromatic heterocycles. The molecule has 0 saturated carbocycles. The molecule has 0 unspecified atom stereocenters. The van der Waals surface area contributed by atoms with Gasteiger partial charge in [-0.05, 0) is 59.2 Å². The lowest BCUT2D eigenvalue weighted by Gasteiger charge is -2.30. The first kappa shape index (κ1) is 28.7. The number of rotatable bonds is 12. The maximum Gasteiger partial charge on any atom is 0.119 e. The molecule has 2 aromatic rings. The average molecular weight is 543 g/mol. The molecule has 12 heteroatoms. The molecule has 1 aromatic carbocycles. The van der Waals surface area contributed by atoms with Crippen molar-refractivity contribution in [2.45, 2.75) is 72.1 Å². The summed E-state index contributed by atoms with van der Waals surface area (Å²) in [5, 5.41) is 12.9. The van der Waals surface area contributed by atoms with Gasteiger partial charge in [-0.25, -0.2) is 4.68 Å². The van der Waals surface area contributed by atoms with Crippen LogP contribution in [-0.4, -0.2) is 61.8 Å². The molecule has 4 N–H and O–H groups in total. The maximum absolute atomic E-state index is 12.3. The Hall–Kier alpha value is -3.35. The Bertz CT molecular complexity index is 1130. The van der Waals surface area contributed by atoms with Crippen LogP contribution in [0.25, 0.3) is 0 Å². The first-order valence-corrected chi connectivity index (χ1v) is 13.4. The first-order valence-electron chi connectivity index (χ1n) is 13.4. The van der Waals surface area contributed by atoms with Crippen molar-refractivity contribution >= 4 is 0 Å². The molecule has 39 heavy (non-hydrogen) atoms. The van der Waals surface area contributed by atoms with Crippen LogP contribution in [0.15, 0.2) is 54.3 Å². The minimum atomic E-state index is -0.366. The van der Waals surface area contributed by atoms with Gasteiger partial charge in [0.15, 0.2) is 0 Å². The third kappa shape index (κ3) is 8.32. The van der Waals surface area contributed by atoms with Crippen molar-refractivity contribution < 1.29 is 9.13 Å². The van der Waals surface area contributed by atoms with Crippen LogP contribution in [0, 0.1) is 0 Å². The van der Waals surface area contributed by atoms with Gasteiger partial charge < -0.3 is 15.6 Å². The lowest BCUT2D eigenvalue weighted by Crippen LogP contribution is -2.47. The molecule has 0 amide bonds. The number of benzene rings is 1. The molecule has 0 aliphatic carbocycles. The highest BCUT2D eigenvalue weighted by Gasteiger charge is 2.25. The monoisotopic (exact) mass is 542 g/mol. The Kier molecular flexibility index (Phi) is 8.98. The van der Waals surface area contributed by atoms with Gasteiger partial charge in [0.2, 0.25) is 0 Å². The number of hydrogen-bond donors (Lipinski definition) is 4. The molecule has 0 spiro atoms. The Balaban J connectivity index is 1.40. The summed E-state index contributed by atoms with van der Waals surface area (Å²) in [5.74, 6) is 0.754. The van der Waals surface area contributed by atoms with Gasteiger partial charge in [-0.15, -0.1) is 16.2 Å². The van der Waals surface area contributed by atoms with E-state index < -0.39 is 0 Å². The van der Waals surface area contributed by atoms with Crippen LogP contribution >= 0.6 is 0 Å². The van der Waals surface area contributed by atoms with E-state index in [1.54, 1.807) is 0 Å². The van der Waals surface area contributed by atoms with Crippen LogP contribution in [0.2, 0.25) is 0 Å². The topological polar surface area (TPSA) is 97.8 Å². The number of halogens is 1. The maximum atomic E-state index is 12.3. The fourth-order valence-corrected chi connectivity index (χ4v) is 4.07. The number of hydrogen-bond acceptors (Lipinski definition) is 10. The van der Waals surface area contributed by atoms with E-state index in [0.29, 0.717) is 39.2 Å². The van der Waals surface area contributed by atoms with Crippen molar-refractivity contribution in [2.24, 2.45) is 0 Å². The highest BCUT2D eigenvalue weighted by Crippen LogP contribution is 2.19. The minimum Gasteiger partial charge on any atom is -0.494 e. The van der Waals surface area contributed by atoms with E-state index in [2.05, 4.69) is 96.1 Å². The van der Waals surface area contributed by atoms with Gasteiger partial charge >= 0.3 is 0 Å². The number of nitrogens with one attached hydrogen (secondary N) is 4. The molecule has 0 radical (unpaired) electrons. The lowest BCUT2D eigenvalue weighted by molar-refractivity contribution is 0.137. The molecule has 214 valence electrons.